The van der Waals surface area contributed by atoms with Gasteiger partial charge in [-0.1, -0.05) is 23.7 Å². The average Bonchev–Trinajstić information content (AvgIpc) is 2.84. The van der Waals surface area contributed by atoms with Crippen molar-refractivity contribution in [1.82, 2.24) is 5.43 Å². The van der Waals surface area contributed by atoms with Crippen molar-refractivity contribution in [2.24, 2.45) is 5.10 Å². The summed E-state index contributed by atoms with van der Waals surface area (Å²) in [6, 6.07) is 19.2. The fraction of sp³-hybridized carbons (Fsp3) is 0.160. The van der Waals surface area contributed by atoms with Crippen molar-refractivity contribution >= 4 is 35.3 Å². The van der Waals surface area contributed by atoms with Gasteiger partial charge in [0, 0.05) is 10.7 Å². The van der Waals surface area contributed by atoms with Crippen LogP contribution in [-0.4, -0.2) is 31.7 Å². The zero-order chi connectivity index (χ0) is 24.3. The van der Waals surface area contributed by atoms with Crippen LogP contribution < -0.4 is 25.0 Å². The minimum atomic E-state index is -0.904. The Morgan fingerprint density at radius 2 is 1.76 bits per heavy atom. The number of carbonyl (C=O) groups excluding carboxylic acids is 2. The highest BCUT2D eigenvalue weighted by atomic mass is 35.5. The fourth-order valence-electron chi connectivity index (χ4n) is 2.86. The van der Waals surface area contributed by atoms with Gasteiger partial charge in [0.05, 0.1) is 19.9 Å². The summed E-state index contributed by atoms with van der Waals surface area (Å²) in [5, 5.41) is 6.97. The number of ether oxygens (including phenoxy) is 3. The normalized spacial score (nSPS) is 10.6. The number of methoxy groups -OCH3 is 1. The van der Waals surface area contributed by atoms with E-state index in [0.717, 1.165) is 5.56 Å². The van der Waals surface area contributed by atoms with Crippen LogP contribution in [0.15, 0.2) is 71.8 Å². The molecule has 0 bridgehead atoms. The summed E-state index contributed by atoms with van der Waals surface area (Å²) in [6.07, 6.45) is 1.40. The topological polar surface area (TPSA) is 98.2 Å². The van der Waals surface area contributed by atoms with Crippen molar-refractivity contribution in [2.75, 3.05) is 19.0 Å². The standard InChI is InChI=1S/C25H24ClN3O5/c1-3-33-23-14-17(7-12-22(23)34-16-18-5-4-6-19(26)13-18)15-27-29-25(31)24(30)28-20-8-10-21(32-2)11-9-20/h4-15H,3,16H2,1-2H3,(H,28,30)(H,29,31)/b27-15+. The molecule has 3 rings (SSSR count). The molecule has 3 aromatic carbocycles. The number of carbonyl (C=O) groups is 2. The van der Waals surface area contributed by atoms with Crippen molar-refractivity contribution < 1.29 is 23.8 Å². The van der Waals surface area contributed by atoms with Crippen LogP contribution in [0.1, 0.15) is 18.1 Å². The van der Waals surface area contributed by atoms with Gasteiger partial charge in [-0.2, -0.15) is 5.10 Å². The lowest BCUT2D eigenvalue weighted by molar-refractivity contribution is -0.136. The lowest BCUT2D eigenvalue weighted by Crippen LogP contribution is -2.32. The molecule has 3 aromatic rings. The van der Waals surface area contributed by atoms with Crippen LogP contribution in [0.5, 0.6) is 17.2 Å². The number of halogens is 1. The van der Waals surface area contributed by atoms with Gasteiger partial charge in [-0.05, 0) is 72.6 Å². The van der Waals surface area contributed by atoms with Gasteiger partial charge >= 0.3 is 11.8 Å². The molecule has 0 aliphatic carbocycles. The maximum atomic E-state index is 12.0. The summed E-state index contributed by atoms with van der Waals surface area (Å²) in [5.41, 5.74) is 4.23. The van der Waals surface area contributed by atoms with Crippen LogP contribution in [0.2, 0.25) is 5.02 Å². The number of amides is 2. The van der Waals surface area contributed by atoms with E-state index >= 15 is 0 Å². The first-order valence-electron chi connectivity index (χ1n) is 10.4. The number of hydrogen-bond donors (Lipinski definition) is 2. The minimum Gasteiger partial charge on any atom is -0.497 e. The SMILES string of the molecule is CCOc1cc(/C=N/NC(=O)C(=O)Nc2ccc(OC)cc2)ccc1OCc1cccc(Cl)c1. The zero-order valence-electron chi connectivity index (χ0n) is 18.7. The highest BCUT2D eigenvalue weighted by Crippen LogP contribution is 2.29. The predicted octanol–water partition coefficient (Wildman–Crippen LogP) is 4.42. The van der Waals surface area contributed by atoms with E-state index in [1.807, 2.05) is 25.1 Å². The van der Waals surface area contributed by atoms with Crippen molar-refractivity contribution in [2.45, 2.75) is 13.5 Å². The smallest absolute Gasteiger partial charge is 0.329 e. The molecule has 2 amide bonds. The van der Waals surface area contributed by atoms with Gasteiger partial charge in [0.1, 0.15) is 12.4 Å². The quantitative estimate of drug-likeness (QED) is 0.268. The van der Waals surface area contributed by atoms with E-state index in [1.165, 1.54) is 13.3 Å². The molecule has 0 heterocycles. The summed E-state index contributed by atoms with van der Waals surface area (Å²) in [5.74, 6) is -0.0288. The van der Waals surface area contributed by atoms with Gasteiger partial charge < -0.3 is 19.5 Å². The van der Waals surface area contributed by atoms with Crippen molar-refractivity contribution in [3.63, 3.8) is 0 Å². The molecule has 0 aliphatic heterocycles. The number of anilines is 1. The van der Waals surface area contributed by atoms with E-state index in [9.17, 15) is 9.59 Å². The van der Waals surface area contributed by atoms with E-state index in [2.05, 4.69) is 15.8 Å². The molecule has 0 unspecified atom stereocenters. The molecule has 0 radical (unpaired) electrons. The molecule has 9 heteroatoms. The summed E-state index contributed by atoms with van der Waals surface area (Å²) in [7, 11) is 1.54. The largest absolute Gasteiger partial charge is 0.497 e. The Morgan fingerprint density at radius 3 is 2.47 bits per heavy atom. The fourth-order valence-corrected chi connectivity index (χ4v) is 3.07. The molecule has 0 atom stereocenters. The number of hydrogen-bond acceptors (Lipinski definition) is 6. The predicted molar refractivity (Wildman–Crippen MR) is 131 cm³/mol. The third-order valence-electron chi connectivity index (χ3n) is 4.48. The van der Waals surface area contributed by atoms with Crippen molar-refractivity contribution in [3.05, 3.63) is 82.9 Å². The van der Waals surface area contributed by atoms with Gasteiger partial charge in [-0.15, -0.1) is 0 Å². The van der Waals surface area contributed by atoms with Crippen LogP contribution in [0.25, 0.3) is 0 Å². The minimum absolute atomic E-state index is 0.327. The molecule has 0 saturated carbocycles. The molecule has 0 fully saturated rings. The van der Waals surface area contributed by atoms with Crippen LogP contribution in [-0.2, 0) is 16.2 Å². The van der Waals surface area contributed by atoms with Crippen LogP contribution in [0.4, 0.5) is 5.69 Å². The van der Waals surface area contributed by atoms with E-state index in [4.69, 9.17) is 25.8 Å². The first-order valence-corrected chi connectivity index (χ1v) is 10.8. The summed E-state index contributed by atoms with van der Waals surface area (Å²) >= 11 is 6.02. The van der Waals surface area contributed by atoms with Gasteiger partial charge in [-0.3, -0.25) is 9.59 Å². The number of nitrogens with one attached hydrogen (secondary N) is 2. The van der Waals surface area contributed by atoms with Gasteiger partial charge in [0.15, 0.2) is 11.5 Å². The third-order valence-corrected chi connectivity index (χ3v) is 4.72. The van der Waals surface area contributed by atoms with Crippen LogP contribution >= 0.6 is 11.6 Å². The molecular weight excluding hydrogens is 458 g/mol. The van der Waals surface area contributed by atoms with Crippen LogP contribution in [0.3, 0.4) is 0 Å². The maximum absolute atomic E-state index is 12.0. The van der Waals surface area contributed by atoms with Gasteiger partial charge in [0.25, 0.3) is 0 Å². The lowest BCUT2D eigenvalue weighted by atomic mass is 10.2. The summed E-state index contributed by atoms with van der Waals surface area (Å²) < 4.78 is 16.6. The zero-order valence-corrected chi connectivity index (χ0v) is 19.5. The van der Waals surface area contributed by atoms with Gasteiger partial charge in [0.2, 0.25) is 0 Å². The molecule has 8 nitrogen and oxygen atoms in total. The van der Waals surface area contributed by atoms with E-state index in [0.29, 0.717) is 46.7 Å². The average molecular weight is 482 g/mol. The van der Waals surface area contributed by atoms with E-state index in [-0.39, 0.29) is 0 Å². The maximum Gasteiger partial charge on any atom is 0.329 e. The highest BCUT2D eigenvalue weighted by Gasteiger charge is 2.13. The monoisotopic (exact) mass is 481 g/mol. The van der Waals surface area contributed by atoms with E-state index in [1.54, 1.807) is 48.5 Å². The van der Waals surface area contributed by atoms with E-state index < -0.39 is 11.8 Å². The molecule has 34 heavy (non-hydrogen) atoms. The second kappa shape index (κ2) is 12.3. The first-order chi connectivity index (χ1) is 16.5. The Morgan fingerprint density at radius 1 is 0.971 bits per heavy atom. The number of hydrazone groups is 1. The Bertz CT molecular complexity index is 1170. The number of rotatable bonds is 9. The Kier molecular flexibility index (Phi) is 8.88. The Balaban J connectivity index is 1.58. The second-order valence-corrected chi connectivity index (χ2v) is 7.38. The summed E-state index contributed by atoms with van der Waals surface area (Å²) in [4.78, 5) is 24.0. The number of benzene rings is 3. The molecule has 0 spiro atoms. The molecule has 0 aliphatic rings. The molecule has 176 valence electrons. The van der Waals surface area contributed by atoms with Gasteiger partial charge in [-0.25, -0.2) is 5.43 Å². The van der Waals surface area contributed by atoms with Crippen molar-refractivity contribution in [1.29, 1.82) is 0 Å². The molecule has 0 saturated heterocycles. The Labute approximate surface area is 202 Å². The molecular formula is C25H24ClN3O5. The highest BCUT2D eigenvalue weighted by molar-refractivity contribution is 6.39. The third kappa shape index (κ3) is 7.25. The lowest BCUT2D eigenvalue weighted by Gasteiger charge is -2.12. The molecule has 0 aromatic heterocycles. The number of nitrogens with zero attached hydrogens (tertiary/aromatic N) is 1. The Hall–Kier alpha value is -4.04. The van der Waals surface area contributed by atoms with Crippen molar-refractivity contribution in [3.8, 4) is 17.2 Å². The first kappa shape index (κ1) is 24.6. The van der Waals surface area contributed by atoms with Crippen LogP contribution in [0, 0.1) is 0 Å². The second-order valence-electron chi connectivity index (χ2n) is 6.94. The summed E-state index contributed by atoms with van der Waals surface area (Å²) in [6.45, 7) is 2.63. The molecule has 2 N–H and O–H groups in total.